The van der Waals surface area contributed by atoms with Crippen LogP contribution in [0.25, 0.3) is 11.4 Å². The number of nitrogens with zero attached hydrogens (tertiary/aromatic N) is 4. The van der Waals surface area contributed by atoms with Crippen LogP contribution in [0.3, 0.4) is 0 Å². The van der Waals surface area contributed by atoms with E-state index in [2.05, 4.69) is 21.7 Å². The van der Waals surface area contributed by atoms with E-state index in [1.807, 2.05) is 60.7 Å². The van der Waals surface area contributed by atoms with Crippen LogP contribution in [0.5, 0.6) is 0 Å². The number of benzene rings is 2. The summed E-state index contributed by atoms with van der Waals surface area (Å²) >= 11 is 1.44. The van der Waals surface area contributed by atoms with Crippen molar-refractivity contribution in [3.8, 4) is 11.4 Å². The van der Waals surface area contributed by atoms with Crippen LogP contribution in [0, 0.1) is 0 Å². The minimum atomic E-state index is -0.357. The molecule has 0 radical (unpaired) electrons. The highest BCUT2D eigenvalue weighted by atomic mass is 32.2. The largest absolute Gasteiger partial charge is 0.348 e. The van der Waals surface area contributed by atoms with Gasteiger partial charge in [0.1, 0.15) is 5.25 Å². The fourth-order valence-electron chi connectivity index (χ4n) is 2.69. The molecule has 134 valence electrons. The van der Waals surface area contributed by atoms with Gasteiger partial charge in [-0.15, -0.1) is 10.2 Å². The predicted molar refractivity (Wildman–Crippen MR) is 105 cm³/mol. The van der Waals surface area contributed by atoms with Gasteiger partial charge in [-0.1, -0.05) is 72.4 Å². The molecule has 1 atom stereocenters. The lowest BCUT2D eigenvalue weighted by atomic mass is 10.1. The molecule has 0 saturated carbocycles. The standard InChI is InChI=1S/C20H22N4OS/c1-4-24-18(16-13-9-6-10-14-16)21-22-20(24)26-17(19(25)23(2)3)15-11-7-5-8-12-15/h5-14,17H,4H2,1-3H3. The molecule has 0 fully saturated rings. The fraction of sp³-hybridized carbons (Fsp3) is 0.250. The Kier molecular flexibility index (Phi) is 5.73. The molecule has 1 aromatic heterocycles. The number of carbonyl (C=O) groups excluding carboxylic acids is 1. The number of hydrogen-bond donors (Lipinski definition) is 0. The number of aromatic nitrogens is 3. The number of amides is 1. The van der Waals surface area contributed by atoms with Crippen LogP contribution >= 0.6 is 11.8 Å². The highest BCUT2D eigenvalue weighted by Gasteiger charge is 2.26. The van der Waals surface area contributed by atoms with Crippen molar-refractivity contribution >= 4 is 17.7 Å². The van der Waals surface area contributed by atoms with E-state index in [4.69, 9.17) is 0 Å². The van der Waals surface area contributed by atoms with Crippen molar-refractivity contribution in [3.63, 3.8) is 0 Å². The first kappa shape index (κ1) is 18.2. The van der Waals surface area contributed by atoms with Gasteiger partial charge in [0, 0.05) is 26.2 Å². The zero-order valence-corrected chi connectivity index (χ0v) is 16.0. The van der Waals surface area contributed by atoms with E-state index in [9.17, 15) is 4.79 Å². The third kappa shape index (κ3) is 3.80. The van der Waals surface area contributed by atoms with Gasteiger partial charge in [0.25, 0.3) is 0 Å². The Labute approximate surface area is 158 Å². The quantitative estimate of drug-likeness (QED) is 0.621. The van der Waals surface area contributed by atoms with E-state index in [0.29, 0.717) is 0 Å². The molecule has 0 bridgehead atoms. The van der Waals surface area contributed by atoms with Gasteiger partial charge in [0.2, 0.25) is 5.91 Å². The van der Waals surface area contributed by atoms with Gasteiger partial charge in [0.05, 0.1) is 0 Å². The first-order chi connectivity index (χ1) is 12.6. The van der Waals surface area contributed by atoms with Crippen LogP contribution in [0.1, 0.15) is 17.7 Å². The molecule has 3 aromatic rings. The molecular formula is C20H22N4OS. The number of hydrogen-bond acceptors (Lipinski definition) is 4. The van der Waals surface area contributed by atoms with Gasteiger partial charge in [-0.25, -0.2) is 0 Å². The molecule has 1 unspecified atom stereocenters. The van der Waals surface area contributed by atoms with Crippen LogP contribution in [0.4, 0.5) is 0 Å². The van der Waals surface area contributed by atoms with Crippen LogP contribution in [0.15, 0.2) is 65.8 Å². The van der Waals surface area contributed by atoms with Gasteiger partial charge < -0.3 is 9.47 Å². The summed E-state index contributed by atoms with van der Waals surface area (Å²) in [6.45, 7) is 2.79. The molecule has 0 saturated heterocycles. The van der Waals surface area contributed by atoms with Crippen molar-refractivity contribution < 1.29 is 4.79 Å². The van der Waals surface area contributed by atoms with E-state index in [1.54, 1.807) is 19.0 Å². The predicted octanol–water partition coefficient (Wildman–Crippen LogP) is 3.89. The molecule has 0 N–H and O–H groups in total. The van der Waals surface area contributed by atoms with Gasteiger partial charge in [0.15, 0.2) is 11.0 Å². The van der Waals surface area contributed by atoms with Crippen molar-refractivity contribution in [2.24, 2.45) is 0 Å². The smallest absolute Gasteiger partial charge is 0.240 e. The maximum Gasteiger partial charge on any atom is 0.240 e. The Bertz CT molecular complexity index is 862. The summed E-state index contributed by atoms with van der Waals surface area (Å²) in [5, 5.41) is 9.14. The molecule has 0 aliphatic carbocycles. The van der Waals surface area contributed by atoms with Crippen molar-refractivity contribution in [2.75, 3.05) is 14.1 Å². The van der Waals surface area contributed by atoms with Crippen molar-refractivity contribution in [3.05, 3.63) is 66.2 Å². The lowest BCUT2D eigenvalue weighted by Gasteiger charge is -2.20. The minimum Gasteiger partial charge on any atom is -0.348 e. The normalized spacial score (nSPS) is 12.0. The van der Waals surface area contributed by atoms with Crippen molar-refractivity contribution in [1.29, 1.82) is 0 Å². The second-order valence-electron chi connectivity index (χ2n) is 6.06. The second kappa shape index (κ2) is 8.19. The molecule has 6 heteroatoms. The summed E-state index contributed by atoms with van der Waals surface area (Å²) in [4.78, 5) is 14.4. The summed E-state index contributed by atoms with van der Waals surface area (Å²) in [6, 6.07) is 19.8. The summed E-state index contributed by atoms with van der Waals surface area (Å²) in [5.74, 6) is 0.854. The molecule has 5 nitrogen and oxygen atoms in total. The van der Waals surface area contributed by atoms with E-state index in [1.165, 1.54) is 11.8 Å². The Morgan fingerprint density at radius 3 is 2.23 bits per heavy atom. The third-order valence-electron chi connectivity index (χ3n) is 4.06. The van der Waals surface area contributed by atoms with Crippen molar-refractivity contribution in [1.82, 2.24) is 19.7 Å². The average molecular weight is 366 g/mol. The Morgan fingerprint density at radius 1 is 1.04 bits per heavy atom. The highest BCUT2D eigenvalue weighted by molar-refractivity contribution is 8.00. The lowest BCUT2D eigenvalue weighted by Crippen LogP contribution is -2.27. The SMILES string of the molecule is CCn1c(SC(C(=O)N(C)C)c2ccccc2)nnc1-c1ccccc1. The molecule has 0 aliphatic rings. The minimum absolute atomic E-state index is 0.0353. The summed E-state index contributed by atoms with van der Waals surface area (Å²) in [5.41, 5.74) is 1.98. The first-order valence-corrected chi connectivity index (χ1v) is 9.41. The zero-order valence-electron chi connectivity index (χ0n) is 15.2. The summed E-state index contributed by atoms with van der Waals surface area (Å²) < 4.78 is 2.05. The molecule has 1 heterocycles. The van der Waals surface area contributed by atoms with Gasteiger partial charge in [-0.05, 0) is 12.5 Å². The molecular weight excluding hydrogens is 344 g/mol. The van der Waals surface area contributed by atoms with Crippen LogP contribution < -0.4 is 0 Å². The zero-order chi connectivity index (χ0) is 18.5. The Morgan fingerprint density at radius 2 is 1.65 bits per heavy atom. The number of thioether (sulfide) groups is 1. The first-order valence-electron chi connectivity index (χ1n) is 8.53. The van der Waals surface area contributed by atoms with E-state index < -0.39 is 0 Å². The van der Waals surface area contributed by atoms with Gasteiger partial charge in [-0.3, -0.25) is 4.79 Å². The van der Waals surface area contributed by atoms with Gasteiger partial charge in [-0.2, -0.15) is 0 Å². The summed E-state index contributed by atoms with van der Waals surface area (Å²) in [7, 11) is 3.55. The molecule has 26 heavy (non-hydrogen) atoms. The van der Waals surface area contributed by atoms with Crippen LogP contribution in [-0.2, 0) is 11.3 Å². The maximum atomic E-state index is 12.8. The molecule has 0 spiro atoms. The van der Waals surface area contributed by atoms with E-state index in [-0.39, 0.29) is 11.2 Å². The van der Waals surface area contributed by atoms with E-state index >= 15 is 0 Å². The second-order valence-corrected chi connectivity index (χ2v) is 7.13. The number of rotatable bonds is 6. The Balaban J connectivity index is 1.97. The molecule has 3 rings (SSSR count). The number of carbonyl (C=O) groups is 1. The van der Waals surface area contributed by atoms with Crippen LogP contribution in [-0.4, -0.2) is 39.7 Å². The molecule has 0 aliphatic heterocycles. The Hall–Kier alpha value is -2.60. The molecule has 2 aromatic carbocycles. The van der Waals surface area contributed by atoms with Crippen LogP contribution in [0.2, 0.25) is 0 Å². The van der Waals surface area contributed by atoms with Crippen molar-refractivity contribution in [2.45, 2.75) is 23.9 Å². The van der Waals surface area contributed by atoms with E-state index in [0.717, 1.165) is 28.7 Å². The monoisotopic (exact) mass is 366 g/mol. The lowest BCUT2D eigenvalue weighted by molar-refractivity contribution is -0.128. The highest BCUT2D eigenvalue weighted by Crippen LogP contribution is 2.36. The number of likely N-dealkylation sites (N-methyl/N-ethyl adjacent to an activating group) is 1. The molecule has 1 amide bonds. The fourth-order valence-corrected chi connectivity index (χ4v) is 3.94. The third-order valence-corrected chi connectivity index (χ3v) is 5.28. The summed E-state index contributed by atoms with van der Waals surface area (Å²) in [6.07, 6.45) is 0. The van der Waals surface area contributed by atoms with Gasteiger partial charge >= 0.3 is 0 Å². The average Bonchev–Trinajstić information content (AvgIpc) is 3.09. The maximum absolute atomic E-state index is 12.8. The topological polar surface area (TPSA) is 51.0 Å².